The lowest BCUT2D eigenvalue weighted by Gasteiger charge is -2.33. The molecule has 0 spiro atoms. The lowest BCUT2D eigenvalue weighted by Crippen LogP contribution is -2.49. The number of para-hydroxylation sites is 1. The van der Waals surface area contributed by atoms with Gasteiger partial charge in [-0.1, -0.05) is 72.8 Å². The number of aromatic nitrogens is 1. The summed E-state index contributed by atoms with van der Waals surface area (Å²) < 4.78 is 6.18. The Morgan fingerprint density at radius 1 is 0.913 bits per heavy atom. The first kappa shape index (κ1) is 32.8. The number of nitrogens with zero attached hydrogens (tertiary/aromatic N) is 2. The third-order valence-corrected chi connectivity index (χ3v) is 9.21. The van der Waals surface area contributed by atoms with E-state index in [-0.39, 0.29) is 30.1 Å². The minimum absolute atomic E-state index is 0.0400. The minimum Gasteiger partial charge on any atom is -0.445 e. The van der Waals surface area contributed by atoms with Crippen LogP contribution in [-0.4, -0.2) is 59.3 Å². The van der Waals surface area contributed by atoms with Crippen LogP contribution < -0.4 is 10.6 Å². The van der Waals surface area contributed by atoms with Gasteiger partial charge in [-0.15, -0.1) is 11.3 Å². The van der Waals surface area contributed by atoms with E-state index in [0.717, 1.165) is 27.8 Å². The van der Waals surface area contributed by atoms with Crippen LogP contribution in [0.5, 0.6) is 0 Å². The van der Waals surface area contributed by atoms with Crippen molar-refractivity contribution in [3.8, 4) is 0 Å². The lowest BCUT2D eigenvalue weighted by molar-refractivity contribution is -0.135. The number of Topliss-reactive ketones (excluding diaryl/α,β-unsaturated/α-hetero) is 1. The molecule has 0 bridgehead atoms. The van der Waals surface area contributed by atoms with Crippen LogP contribution in [0.1, 0.15) is 59.5 Å². The van der Waals surface area contributed by atoms with Crippen LogP contribution in [0.3, 0.4) is 0 Å². The van der Waals surface area contributed by atoms with Gasteiger partial charge in [0.05, 0.1) is 22.2 Å². The van der Waals surface area contributed by atoms with Gasteiger partial charge >= 0.3 is 6.09 Å². The Labute approximate surface area is 273 Å². The topological polar surface area (TPSA) is 118 Å². The van der Waals surface area contributed by atoms with Gasteiger partial charge in [-0.2, -0.15) is 0 Å². The fourth-order valence-corrected chi connectivity index (χ4v) is 6.55. The van der Waals surface area contributed by atoms with Crippen molar-refractivity contribution >= 4 is 45.2 Å². The summed E-state index contributed by atoms with van der Waals surface area (Å²) >= 11 is 1.32. The number of ketones is 1. The molecule has 10 heteroatoms. The van der Waals surface area contributed by atoms with Gasteiger partial charge in [0.15, 0.2) is 5.01 Å². The monoisotopic (exact) mass is 640 g/mol. The highest BCUT2D eigenvalue weighted by molar-refractivity contribution is 7.20. The number of aryl methyl sites for hydroxylation is 1. The third kappa shape index (κ3) is 9.47. The Morgan fingerprint density at radius 3 is 2.39 bits per heavy atom. The summed E-state index contributed by atoms with van der Waals surface area (Å²) in [5.74, 6) is -0.793. The van der Waals surface area contributed by atoms with Crippen molar-refractivity contribution in [2.45, 2.75) is 57.6 Å². The van der Waals surface area contributed by atoms with Crippen LogP contribution in [0.15, 0.2) is 84.9 Å². The second kappa shape index (κ2) is 16.7. The summed E-state index contributed by atoms with van der Waals surface area (Å²) in [6, 6.07) is 26.2. The molecule has 5 rings (SSSR count). The first-order valence-electron chi connectivity index (χ1n) is 15.9. The maximum absolute atomic E-state index is 13.7. The molecule has 4 aromatic rings. The number of hydrogen-bond acceptors (Lipinski definition) is 7. The fourth-order valence-electron chi connectivity index (χ4n) is 5.59. The number of benzene rings is 3. The Morgan fingerprint density at radius 2 is 1.63 bits per heavy atom. The van der Waals surface area contributed by atoms with Crippen molar-refractivity contribution in [3.05, 3.63) is 101 Å². The molecule has 1 aliphatic heterocycles. The fraction of sp³-hybridized carbons (Fsp3) is 0.361. The van der Waals surface area contributed by atoms with Crippen molar-refractivity contribution in [2.24, 2.45) is 5.92 Å². The zero-order valence-corrected chi connectivity index (χ0v) is 26.7. The highest BCUT2D eigenvalue weighted by atomic mass is 32.1. The smallest absolute Gasteiger partial charge is 0.407 e. The predicted molar refractivity (Wildman–Crippen MR) is 178 cm³/mol. The molecule has 46 heavy (non-hydrogen) atoms. The standard InChI is InChI=1S/C36H40N4O5S/c41-32(21-20-26-12-3-1-4-13-26)40-23-11-16-28(24-40)34(43)38-30(33(42)35-39-29-17-7-8-19-31(29)46-35)18-9-10-22-37-36(44)45-25-27-14-5-2-6-15-27/h1-8,12-15,17,19,28,30H,9-11,16,18,20-25H2,(H,37,44)(H,38,43)/t28-,30?/m0/s1. The Bertz CT molecular complexity index is 1580. The molecular weight excluding hydrogens is 600 g/mol. The molecule has 2 atom stereocenters. The molecule has 0 saturated carbocycles. The van der Waals surface area contributed by atoms with E-state index in [4.69, 9.17) is 4.74 Å². The van der Waals surface area contributed by atoms with Crippen molar-refractivity contribution in [1.82, 2.24) is 20.5 Å². The summed E-state index contributed by atoms with van der Waals surface area (Å²) in [7, 11) is 0. The molecule has 1 aliphatic rings. The second-order valence-corrected chi connectivity index (χ2v) is 12.6. The summed E-state index contributed by atoms with van der Waals surface area (Å²) in [6.07, 6.45) is 3.54. The Hall–Kier alpha value is -4.57. The Balaban J connectivity index is 1.15. The van der Waals surface area contributed by atoms with E-state index in [1.165, 1.54) is 11.3 Å². The van der Waals surface area contributed by atoms with Crippen LogP contribution in [-0.2, 0) is 27.4 Å². The van der Waals surface area contributed by atoms with E-state index in [1.807, 2.05) is 84.9 Å². The third-order valence-electron chi connectivity index (χ3n) is 8.15. The van der Waals surface area contributed by atoms with Gasteiger partial charge < -0.3 is 20.3 Å². The highest BCUT2D eigenvalue weighted by Gasteiger charge is 2.32. The number of nitrogens with one attached hydrogen (secondary N) is 2. The molecule has 1 unspecified atom stereocenters. The number of carbonyl (C=O) groups excluding carboxylic acids is 4. The number of alkyl carbamates (subject to hydrolysis) is 1. The normalized spacial score (nSPS) is 15.2. The van der Waals surface area contributed by atoms with Crippen LogP contribution in [0.4, 0.5) is 4.79 Å². The molecule has 1 saturated heterocycles. The van der Waals surface area contributed by atoms with Crippen LogP contribution in [0.25, 0.3) is 10.2 Å². The van der Waals surface area contributed by atoms with E-state index in [9.17, 15) is 19.2 Å². The van der Waals surface area contributed by atoms with Gasteiger partial charge in [-0.25, -0.2) is 9.78 Å². The number of unbranched alkanes of at least 4 members (excludes halogenated alkanes) is 1. The number of ether oxygens (including phenoxy) is 1. The van der Waals surface area contributed by atoms with Crippen LogP contribution >= 0.6 is 11.3 Å². The molecule has 1 aromatic heterocycles. The van der Waals surface area contributed by atoms with Gasteiger partial charge in [0.1, 0.15) is 6.61 Å². The summed E-state index contributed by atoms with van der Waals surface area (Å²) in [4.78, 5) is 58.7. The average Bonchev–Trinajstić information content (AvgIpc) is 3.54. The average molecular weight is 641 g/mol. The minimum atomic E-state index is -0.762. The van der Waals surface area contributed by atoms with E-state index >= 15 is 0 Å². The molecule has 240 valence electrons. The van der Waals surface area contributed by atoms with E-state index in [2.05, 4.69) is 15.6 Å². The van der Waals surface area contributed by atoms with Gasteiger partial charge in [-0.3, -0.25) is 14.4 Å². The molecule has 3 amide bonds. The molecule has 0 aliphatic carbocycles. The van der Waals surface area contributed by atoms with Crippen molar-refractivity contribution in [2.75, 3.05) is 19.6 Å². The number of piperidine rings is 1. The molecular formula is C36H40N4O5S. The van der Waals surface area contributed by atoms with Crippen molar-refractivity contribution in [1.29, 1.82) is 0 Å². The highest BCUT2D eigenvalue weighted by Crippen LogP contribution is 2.24. The van der Waals surface area contributed by atoms with Gasteiger partial charge in [-0.05, 0) is 61.8 Å². The number of likely N-dealkylation sites (tertiary alicyclic amines) is 1. The second-order valence-electron chi connectivity index (χ2n) is 11.6. The molecule has 2 heterocycles. The molecule has 3 aromatic carbocycles. The van der Waals surface area contributed by atoms with Gasteiger partial charge in [0.2, 0.25) is 17.6 Å². The molecule has 2 N–H and O–H groups in total. The Kier molecular flexibility index (Phi) is 11.9. The first-order chi connectivity index (χ1) is 22.5. The van der Waals surface area contributed by atoms with Crippen LogP contribution in [0.2, 0.25) is 0 Å². The number of fused-ring (bicyclic) bond motifs is 1. The molecule has 1 fully saturated rings. The number of rotatable bonds is 14. The largest absolute Gasteiger partial charge is 0.445 e. The molecule has 0 radical (unpaired) electrons. The SMILES string of the molecule is O=C(NCCCCC(NC(=O)[C@H]1CCCN(C(=O)CCc2ccccc2)C1)C(=O)c1nc2ccccc2s1)OCc1ccccc1. The maximum Gasteiger partial charge on any atom is 0.407 e. The van der Waals surface area contributed by atoms with Crippen LogP contribution in [0, 0.1) is 5.92 Å². The zero-order valence-electron chi connectivity index (χ0n) is 25.9. The van der Waals surface area contributed by atoms with E-state index in [1.54, 1.807) is 4.90 Å². The number of carbonyl (C=O) groups is 4. The predicted octanol–water partition coefficient (Wildman–Crippen LogP) is 5.93. The van der Waals surface area contributed by atoms with Gasteiger partial charge in [0, 0.05) is 26.1 Å². The van der Waals surface area contributed by atoms with Crippen molar-refractivity contribution < 1.29 is 23.9 Å². The maximum atomic E-state index is 13.7. The zero-order chi connectivity index (χ0) is 32.1. The summed E-state index contributed by atoms with van der Waals surface area (Å²) in [5.41, 5.74) is 2.76. The van der Waals surface area contributed by atoms with Crippen molar-refractivity contribution in [3.63, 3.8) is 0 Å². The number of amides is 3. The van der Waals surface area contributed by atoms with E-state index in [0.29, 0.717) is 63.2 Å². The van der Waals surface area contributed by atoms with Gasteiger partial charge in [0.25, 0.3) is 0 Å². The quantitative estimate of drug-likeness (QED) is 0.130. The number of thiazole rings is 1. The lowest BCUT2D eigenvalue weighted by atomic mass is 9.95. The summed E-state index contributed by atoms with van der Waals surface area (Å²) in [6.45, 7) is 1.55. The van der Waals surface area contributed by atoms with E-state index < -0.39 is 12.1 Å². The first-order valence-corrected chi connectivity index (χ1v) is 16.7. The summed E-state index contributed by atoms with van der Waals surface area (Å²) in [5, 5.41) is 6.12. The number of hydrogen-bond donors (Lipinski definition) is 2. The molecule has 9 nitrogen and oxygen atoms in total.